The normalized spacial score (nSPS) is 20.5. The maximum atomic E-state index is 14.1. The molecule has 0 bridgehead atoms. The Hall–Kier alpha value is -2.94. The fourth-order valence-electron chi connectivity index (χ4n) is 3.34. The number of rotatable bonds is 2. The predicted octanol–water partition coefficient (Wildman–Crippen LogP) is 3.63. The summed E-state index contributed by atoms with van der Waals surface area (Å²) >= 11 is 0. The molecule has 2 aromatic heterocycles. The maximum absolute atomic E-state index is 14.1. The van der Waals surface area contributed by atoms with Crippen molar-refractivity contribution in [2.45, 2.75) is 18.6 Å². The lowest BCUT2D eigenvalue weighted by atomic mass is 10.0. The van der Waals surface area contributed by atoms with E-state index in [0.29, 0.717) is 5.56 Å². The molecule has 120 valence electrons. The molecule has 0 unspecified atom stereocenters. The third-order valence-electron chi connectivity index (χ3n) is 4.40. The van der Waals surface area contributed by atoms with Crippen molar-refractivity contribution in [3.05, 3.63) is 65.7 Å². The van der Waals surface area contributed by atoms with Crippen molar-refractivity contribution in [1.29, 1.82) is 5.26 Å². The fraction of sp³-hybridized carbons (Fsp3) is 0.222. The number of halogens is 2. The highest BCUT2D eigenvalue weighted by Crippen LogP contribution is 2.38. The number of nitriles is 1. The average Bonchev–Trinajstić information content (AvgIpc) is 3.19. The topological polar surface area (TPSA) is 44.3 Å². The Kier molecular flexibility index (Phi) is 3.42. The predicted molar refractivity (Wildman–Crippen MR) is 85.9 cm³/mol. The van der Waals surface area contributed by atoms with Crippen LogP contribution in [0.1, 0.15) is 23.6 Å². The number of fused-ring (bicyclic) bond motifs is 1. The van der Waals surface area contributed by atoms with E-state index in [0.717, 1.165) is 11.2 Å². The quantitative estimate of drug-likeness (QED) is 0.723. The second kappa shape index (κ2) is 5.60. The summed E-state index contributed by atoms with van der Waals surface area (Å²) in [5.41, 5.74) is 2.64. The third-order valence-corrected chi connectivity index (χ3v) is 4.40. The summed E-state index contributed by atoms with van der Waals surface area (Å²) in [5, 5.41) is 13.2. The van der Waals surface area contributed by atoms with Crippen LogP contribution in [-0.2, 0) is 0 Å². The molecular formula is C18H14F2N4. The van der Waals surface area contributed by atoms with Crippen molar-refractivity contribution in [3.8, 4) is 6.07 Å². The standard InChI is InChI=1S/C18H14F2N4/c19-14-6-12(10-21)5-13(7-14)18-8-15(20)11-23(18)16-2-4-24-17(9-16)1-3-22-24/h1-7,9,15,18H,8,11H2/t15-,18+/m0/s1. The summed E-state index contributed by atoms with van der Waals surface area (Å²) in [6.45, 7) is 0.243. The molecule has 0 spiro atoms. The van der Waals surface area contributed by atoms with E-state index in [-0.39, 0.29) is 24.6 Å². The van der Waals surface area contributed by atoms with Crippen LogP contribution in [0.15, 0.2) is 48.8 Å². The van der Waals surface area contributed by atoms with Gasteiger partial charge in [0.1, 0.15) is 12.0 Å². The summed E-state index contributed by atoms with van der Waals surface area (Å²) in [4.78, 5) is 1.92. The van der Waals surface area contributed by atoms with Crippen LogP contribution >= 0.6 is 0 Å². The Morgan fingerprint density at radius 3 is 2.92 bits per heavy atom. The molecule has 0 N–H and O–H groups in total. The van der Waals surface area contributed by atoms with Gasteiger partial charge >= 0.3 is 0 Å². The third kappa shape index (κ3) is 2.48. The minimum Gasteiger partial charge on any atom is -0.361 e. The van der Waals surface area contributed by atoms with Crippen LogP contribution in [0.2, 0.25) is 0 Å². The molecule has 0 aliphatic carbocycles. The minimum absolute atomic E-state index is 0.243. The van der Waals surface area contributed by atoms with Crippen molar-refractivity contribution in [3.63, 3.8) is 0 Å². The molecule has 4 nitrogen and oxygen atoms in total. The zero-order chi connectivity index (χ0) is 16.7. The molecule has 24 heavy (non-hydrogen) atoms. The molecule has 2 atom stereocenters. The first-order valence-electron chi connectivity index (χ1n) is 7.69. The molecule has 0 radical (unpaired) electrons. The van der Waals surface area contributed by atoms with E-state index < -0.39 is 12.0 Å². The number of benzene rings is 1. The average molecular weight is 324 g/mol. The molecule has 0 amide bonds. The van der Waals surface area contributed by atoms with Crippen LogP contribution in [0.3, 0.4) is 0 Å². The number of pyridine rings is 1. The van der Waals surface area contributed by atoms with Gasteiger partial charge in [-0.05, 0) is 42.0 Å². The smallest absolute Gasteiger partial charge is 0.124 e. The van der Waals surface area contributed by atoms with Crippen molar-refractivity contribution in [2.75, 3.05) is 11.4 Å². The van der Waals surface area contributed by atoms with Gasteiger partial charge in [0, 0.05) is 31.0 Å². The van der Waals surface area contributed by atoms with Crippen LogP contribution in [0.4, 0.5) is 14.5 Å². The van der Waals surface area contributed by atoms with Gasteiger partial charge in [-0.1, -0.05) is 0 Å². The monoisotopic (exact) mass is 324 g/mol. The lowest BCUT2D eigenvalue weighted by Gasteiger charge is -2.27. The van der Waals surface area contributed by atoms with Gasteiger partial charge in [-0.3, -0.25) is 0 Å². The fourth-order valence-corrected chi connectivity index (χ4v) is 3.34. The van der Waals surface area contributed by atoms with Gasteiger partial charge < -0.3 is 4.90 Å². The zero-order valence-corrected chi connectivity index (χ0v) is 12.7. The number of aromatic nitrogens is 2. The summed E-state index contributed by atoms with van der Waals surface area (Å²) in [6, 6.07) is 11.5. The zero-order valence-electron chi connectivity index (χ0n) is 12.7. The highest BCUT2D eigenvalue weighted by Gasteiger charge is 2.34. The first-order valence-corrected chi connectivity index (χ1v) is 7.69. The molecule has 1 aliphatic heterocycles. The van der Waals surface area contributed by atoms with E-state index in [2.05, 4.69) is 5.10 Å². The van der Waals surface area contributed by atoms with Crippen molar-refractivity contribution >= 4 is 11.2 Å². The van der Waals surface area contributed by atoms with Crippen molar-refractivity contribution in [1.82, 2.24) is 9.61 Å². The summed E-state index contributed by atoms with van der Waals surface area (Å²) < 4.78 is 29.6. The van der Waals surface area contributed by atoms with Crippen molar-refractivity contribution in [2.24, 2.45) is 0 Å². The number of nitrogens with zero attached hydrogens (tertiary/aromatic N) is 4. The molecular weight excluding hydrogens is 310 g/mol. The van der Waals surface area contributed by atoms with Crippen LogP contribution in [0, 0.1) is 17.1 Å². The first-order chi connectivity index (χ1) is 11.6. The number of hydrogen-bond donors (Lipinski definition) is 0. The van der Waals surface area contributed by atoms with Gasteiger partial charge in [-0.15, -0.1) is 0 Å². The van der Waals surface area contributed by atoms with Gasteiger partial charge in [0.2, 0.25) is 0 Å². The lowest BCUT2D eigenvalue weighted by molar-refractivity contribution is 0.356. The Morgan fingerprint density at radius 1 is 1.21 bits per heavy atom. The van der Waals surface area contributed by atoms with E-state index in [9.17, 15) is 8.78 Å². The molecule has 4 rings (SSSR count). The second-order valence-electron chi connectivity index (χ2n) is 5.97. The van der Waals surface area contributed by atoms with E-state index in [1.54, 1.807) is 16.8 Å². The Morgan fingerprint density at radius 2 is 2.08 bits per heavy atom. The highest BCUT2D eigenvalue weighted by atomic mass is 19.1. The van der Waals surface area contributed by atoms with E-state index in [1.165, 1.54) is 12.1 Å². The summed E-state index contributed by atoms with van der Waals surface area (Å²) in [5.74, 6) is -0.474. The van der Waals surface area contributed by atoms with Crippen LogP contribution in [-0.4, -0.2) is 22.3 Å². The van der Waals surface area contributed by atoms with Gasteiger partial charge in [0.15, 0.2) is 0 Å². The number of alkyl halides is 1. The van der Waals surface area contributed by atoms with E-state index >= 15 is 0 Å². The van der Waals surface area contributed by atoms with Crippen LogP contribution in [0.25, 0.3) is 5.52 Å². The first kappa shape index (κ1) is 14.6. The van der Waals surface area contributed by atoms with Gasteiger partial charge in [0.05, 0.1) is 23.2 Å². The Balaban J connectivity index is 1.76. The molecule has 1 saturated heterocycles. The second-order valence-corrected chi connectivity index (χ2v) is 5.97. The van der Waals surface area contributed by atoms with E-state index in [4.69, 9.17) is 5.26 Å². The van der Waals surface area contributed by atoms with Crippen LogP contribution < -0.4 is 4.90 Å². The molecule has 1 fully saturated rings. The molecule has 6 heteroatoms. The Bertz CT molecular complexity index is 944. The van der Waals surface area contributed by atoms with Gasteiger partial charge in [-0.2, -0.15) is 10.4 Å². The van der Waals surface area contributed by atoms with Gasteiger partial charge in [0.25, 0.3) is 0 Å². The summed E-state index contributed by atoms with van der Waals surface area (Å²) in [6.07, 6.45) is 2.80. The van der Waals surface area contributed by atoms with Crippen LogP contribution in [0.5, 0.6) is 0 Å². The van der Waals surface area contributed by atoms with Crippen molar-refractivity contribution < 1.29 is 8.78 Å². The van der Waals surface area contributed by atoms with Gasteiger partial charge in [-0.25, -0.2) is 13.3 Å². The lowest BCUT2D eigenvalue weighted by Crippen LogP contribution is -2.23. The summed E-state index contributed by atoms with van der Waals surface area (Å²) in [7, 11) is 0. The minimum atomic E-state index is -0.995. The number of hydrogen-bond acceptors (Lipinski definition) is 3. The molecule has 3 aromatic rings. The molecule has 3 heterocycles. The molecule has 0 saturated carbocycles. The Labute approximate surface area is 137 Å². The molecule has 1 aliphatic rings. The largest absolute Gasteiger partial charge is 0.361 e. The highest BCUT2D eigenvalue weighted by molar-refractivity contribution is 5.61. The number of anilines is 1. The van der Waals surface area contributed by atoms with E-state index in [1.807, 2.05) is 35.4 Å². The maximum Gasteiger partial charge on any atom is 0.124 e. The molecule has 1 aromatic carbocycles. The SMILES string of the molecule is N#Cc1cc(F)cc([C@H]2C[C@H](F)CN2c2ccn3nccc3c2)c1.